The molecule has 0 aromatic heterocycles. The highest BCUT2D eigenvalue weighted by Crippen LogP contribution is 2.27. The van der Waals surface area contributed by atoms with Gasteiger partial charge in [0, 0.05) is 11.6 Å². The Kier molecular flexibility index (Phi) is 3.99. The molecule has 1 rings (SSSR count). The maximum absolute atomic E-state index is 12.6. The first kappa shape index (κ1) is 12.2. The van der Waals surface area contributed by atoms with Gasteiger partial charge in [-0.3, -0.25) is 0 Å². The second-order valence-electron chi connectivity index (χ2n) is 2.97. The maximum Gasteiger partial charge on any atom is 0.328 e. The number of carbonyl (C=O) groups is 1. The fourth-order valence-corrected chi connectivity index (χ4v) is 1.18. The van der Waals surface area contributed by atoms with Gasteiger partial charge in [0.25, 0.3) is 6.43 Å². The van der Waals surface area contributed by atoms with E-state index < -0.39 is 12.4 Å². The van der Waals surface area contributed by atoms with E-state index in [1.54, 1.807) is 0 Å². The van der Waals surface area contributed by atoms with Gasteiger partial charge in [-0.05, 0) is 23.8 Å². The number of aliphatic carboxylic acids is 1. The largest absolute Gasteiger partial charge is 0.497 e. The number of alkyl halides is 2. The average molecular weight is 228 g/mol. The van der Waals surface area contributed by atoms with E-state index in [1.807, 2.05) is 0 Å². The third kappa shape index (κ3) is 3.05. The van der Waals surface area contributed by atoms with Gasteiger partial charge in [0.2, 0.25) is 0 Å². The van der Waals surface area contributed by atoms with Crippen LogP contribution in [0.25, 0.3) is 6.08 Å². The smallest absolute Gasteiger partial charge is 0.328 e. The minimum absolute atomic E-state index is 0.165. The van der Waals surface area contributed by atoms with Crippen molar-refractivity contribution in [1.82, 2.24) is 0 Å². The lowest BCUT2D eigenvalue weighted by molar-refractivity contribution is -0.131. The van der Waals surface area contributed by atoms with E-state index in [0.29, 0.717) is 5.75 Å². The summed E-state index contributed by atoms with van der Waals surface area (Å²) in [5, 5.41) is 8.41. The van der Waals surface area contributed by atoms with Crippen molar-refractivity contribution in [3.8, 4) is 5.75 Å². The Labute approximate surface area is 91.0 Å². The molecule has 0 aliphatic rings. The molecule has 0 atom stereocenters. The van der Waals surface area contributed by atoms with Crippen LogP contribution in [-0.4, -0.2) is 18.2 Å². The normalized spacial score (nSPS) is 11.0. The van der Waals surface area contributed by atoms with Crippen molar-refractivity contribution in [2.45, 2.75) is 6.43 Å². The SMILES string of the molecule is COc1ccc(C=CC(=O)O)c(C(F)F)c1. The molecule has 1 N–H and O–H groups in total. The number of rotatable bonds is 4. The van der Waals surface area contributed by atoms with Crippen LogP contribution in [-0.2, 0) is 4.79 Å². The molecule has 0 bridgehead atoms. The van der Waals surface area contributed by atoms with Crippen molar-refractivity contribution in [3.63, 3.8) is 0 Å². The number of halogens is 2. The van der Waals surface area contributed by atoms with Crippen LogP contribution in [0.15, 0.2) is 24.3 Å². The Hall–Kier alpha value is -1.91. The molecule has 0 heterocycles. The predicted molar refractivity (Wildman–Crippen MR) is 54.6 cm³/mol. The van der Waals surface area contributed by atoms with Crippen LogP contribution < -0.4 is 4.74 Å². The van der Waals surface area contributed by atoms with Crippen LogP contribution in [0, 0.1) is 0 Å². The summed E-state index contributed by atoms with van der Waals surface area (Å²) in [5.74, 6) is -0.876. The third-order valence-corrected chi connectivity index (χ3v) is 1.93. The molecule has 0 spiro atoms. The third-order valence-electron chi connectivity index (χ3n) is 1.93. The van der Waals surface area contributed by atoms with Crippen LogP contribution in [0.3, 0.4) is 0 Å². The first-order valence-electron chi connectivity index (χ1n) is 4.41. The second kappa shape index (κ2) is 5.25. The molecule has 0 fully saturated rings. The topological polar surface area (TPSA) is 46.5 Å². The molecule has 5 heteroatoms. The molecule has 3 nitrogen and oxygen atoms in total. The van der Waals surface area contributed by atoms with Gasteiger partial charge in [-0.25, -0.2) is 13.6 Å². The summed E-state index contributed by atoms with van der Waals surface area (Å²) >= 11 is 0. The van der Waals surface area contributed by atoms with E-state index in [0.717, 1.165) is 12.2 Å². The summed E-state index contributed by atoms with van der Waals surface area (Å²) in [7, 11) is 1.37. The van der Waals surface area contributed by atoms with Crippen molar-refractivity contribution < 1.29 is 23.4 Å². The highest BCUT2D eigenvalue weighted by Gasteiger charge is 2.12. The second-order valence-corrected chi connectivity index (χ2v) is 2.97. The zero-order valence-electron chi connectivity index (χ0n) is 8.48. The molecule has 0 aliphatic heterocycles. The standard InChI is InChI=1S/C11H10F2O3/c1-16-8-4-2-7(3-5-10(14)15)9(6-8)11(12)13/h2-6,11H,1H3,(H,14,15). The van der Waals surface area contributed by atoms with Gasteiger partial charge in [0.1, 0.15) is 5.75 Å². The summed E-state index contributed by atoms with van der Waals surface area (Å²) < 4.78 is 30.1. The average Bonchev–Trinajstić information content (AvgIpc) is 2.25. The molecule has 0 amide bonds. The molecule has 86 valence electrons. The molecule has 0 saturated carbocycles. The molecular formula is C11H10F2O3. The molecule has 0 unspecified atom stereocenters. The zero-order chi connectivity index (χ0) is 12.1. The molecule has 0 radical (unpaired) electrons. The number of methoxy groups -OCH3 is 1. The molecule has 0 saturated heterocycles. The van der Waals surface area contributed by atoms with E-state index >= 15 is 0 Å². The Morgan fingerprint density at radius 3 is 2.69 bits per heavy atom. The van der Waals surface area contributed by atoms with E-state index in [4.69, 9.17) is 9.84 Å². The first-order chi connectivity index (χ1) is 7.54. The van der Waals surface area contributed by atoms with Gasteiger partial charge in [-0.15, -0.1) is 0 Å². The van der Waals surface area contributed by atoms with Crippen LogP contribution in [0.1, 0.15) is 17.6 Å². The summed E-state index contributed by atoms with van der Waals surface area (Å²) in [4.78, 5) is 10.3. The number of carboxylic acids is 1. The Balaban J connectivity index is 3.12. The van der Waals surface area contributed by atoms with Crippen LogP contribution in [0.4, 0.5) is 8.78 Å². The van der Waals surface area contributed by atoms with Crippen molar-refractivity contribution in [2.75, 3.05) is 7.11 Å². The fraction of sp³-hybridized carbons (Fsp3) is 0.182. The predicted octanol–water partition coefficient (Wildman–Crippen LogP) is 2.73. The van der Waals surface area contributed by atoms with Crippen LogP contribution >= 0.6 is 0 Å². The van der Waals surface area contributed by atoms with Crippen molar-refractivity contribution in [3.05, 3.63) is 35.4 Å². The maximum atomic E-state index is 12.6. The van der Waals surface area contributed by atoms with E-state index in [2.05, 4.69) is 0 Å². The Morgan fingerprint density at radius 2 is 2.19 bits per heavy atom. The quantitative estimate of drug-likeness (QED) is 0.806. The van der Waals surface area contributed by atoms with E-state index in [9.17, 15) is 13.6 Å². The first-order valence-corrected chi connectivity index (χ1v) is 4.41. The lowest BCUT2D eigenvalue weighted by Crippen LogP contribution is -1.93. The number of ether oxygens (including phenoxy) is 1. The lowest BCUT2D eigenvalue weighted by atomic mass is 10.1. The number of hydrogen-bond donors (Lipinski definition) is 1. The van der Waals surface area contributed by atoms with Crippen LogP contribution in [0.5, 0.6) is 5.75 Å². The minimum atomic E-state index is -2.68. The number of benzene rings is 1. The summed E-state index contributed by atoms with van der Waals surface area (Å²) in [6, 6.07) is 4.07. The van der Waals surface area contributed by atoms with E-state index in [-0.39, 0.29) is 11.1 Å². The minimum Gasteiger partial charge on any atom is -0.497 e. The Bertz CT molecular complexity index is 414. The Morgan fingerprint density at radius 1 is 1.50 bits per heavy atom. The van der Waals surface area contributed by atoms with Gasteiger partial charge in [0.05, 0.1) is 7.11 Å². The molecular weight excluding hydrogens is 218 g/mol. The molecule has 1 aromatic rings. The molecule has 1 aromatic carbocycles. The molecule has 16 heavy (non-hydrogen) atoms. The van der Waals surface area contributed by atoms with Gasteiger partial charge >= 0.3 is 5.97 Å². The van der Waals surface area contributed by atoms with Gasteiger partial charge in [0.15, 0.2) is 0 Å². The van der Waals surface area contributed by atoms with Gasteiger partial charge in [-0.1, -0.05) is 6.07 Å². The number of carboxylic acid groups (broad SMARTS) is 1. The number of hydrogen-bond acceptors (Lipinski definition) is 2. The highest BCUT2D eigenvalue weighted by atomic mass is 19.3. The highest BCUT2D eigenvalue weighted by molar-refractivity contribution is 5.85. The lowest BCUT2D eigenvalue weighted by Gasteiger charge is -2.07. The summed E-state index contributed by atoms with van der Waals surface area (Å²) in [6.45, 7) is 0. The summed E-state index contributed by atoms with van der Waals surface area (Å²) in [6.07, 6.45) is -0.736. The fourth-order valence-electron chi connectivity index (χ4n) is 1.18. The van der Waals surface area contributed by atoms with Crippen molar-refractivity contribution >= 4 is 12.0 Å². The molecule has 0 aliphatic carbocycles. The van der Waals surface area contributed by atoms with Gasteiger partial charge < -0.3 is 9.84 Å². The zero-order valence-corrected chi connectivity index (χ0v) is 8.48. The monoisotopic (exact) mass is 228 g/mol. The summed E-state index contributed by atoms with van der Waals surface area (Å²) in [5.41, 5.74) is -0.0879. The van der Waals surface area contributed by atoms with E-state index in [1.165, 1.54) is 25.3 Å². The van der Waals surface area contributed by atoms with Crippen LogP contribution in [0.2, 0.25) is 0 Å². The van der Waals surface area contributed by atoms with Crippen molar-refractivity contribution in [1.29, 1.82) is 0 Å². The van der Waals surface area contributed by atoms with Crippen molar-refractivity contribution in [2.24, 2.45) is 0 Å². The van der Waals surface area contributed by atoms with Gasteiger partial charge in [-0.2, -0.15) is 0 Å².